The van der Waals surface area contributed by atoms with Gasteiger partial charge in [-0.3, -0.25) is 19.4 Å². The van der Waals surface area contributed by atoms with Gasteiger partial charge in [0.25, 0.3) is 0 Å². The van der Waals surface area contributed by atoms with Crippen LogP contribution < -0.4 is 33.2 Å². The van der Waals surface area contributed by atoms with Crippen LogP contribution in [0.3, 0.4) is 0 Å². The van der Waals surface area contributed by atoms with Crippen molar-refractivity contribution in [1.82, 2.24) is 16.0 Å². The molecule has 0 heterocycles. The predicted molar refractivity (Wildman–Crippen MR) is 152 cm³/mol. The van der Waals surface area contributed by atoms with Gasteiger partial charge in [0.05, 0.1) is 6.04 Å². The summed E-state index contributed by atoms with van der Waals surface area (Å²) in [7, 11) is 0. The Morgan fingerprint density at radius 2 is 1.52 bits per heavy atom. The molecule has 13 nitrogen and oxygen atoms in total. The number of hydrogen-bond acceptors (Lipinski definition) is 7. The van der Waals surface area contributed by atoms with Gasteiger partial charge < -0.3 is 43.4 Å². The number of aliphatic imine (C=N–C) groups is 1. The molecule has 0 aliphatic carbocycles. The summed E-state index contributed by atoms with van der Waals surface area (Å²) in [6.07, 6.45) is 1.44. The van der Waals surface area contributed by atoms with Crippen molar-refractivity contribution in [3.63, 3.8) is 0 Å². The molecule has 0 radical (unpaired) electrons. The third kappa shape index (κ3) is 12.3. The van der Waals surface area contributed by atoms with E-state index in [1.54, 1.807) is 19.1 Å². The number of benzene rings is 1. The number of carbonyl (C=O) groups excluding carboxylic acids is 3. The first-order valence-corrected chi connectivity index (χ1v) is 13.5. The van der Waals surface area contributed by atoms with E-state index in [2.05, 4.69) is 20.9 Å². The quantitative estimate of drug-likeness (QED) is 0.0719. The lowest BCUT2D eigenvalue weighted by Crippen LogP contribution is -2.59. The zero-order valence-corrected chi connectivity index (χ0v) is 23.7. The third-order valence-electron chi connectivity index (χ3n) is 6.42. The lowest BCUT2D eigenvalue weighted by Gasteiger charge is -2.28. The molecule has 0 bridgehead atoms. The molecule has 1 aromatic carbocycles. The Hall–Kier alpha value is -3.87. The number of aromatic hydroxyl groups is 1. The SMILES string of the molecule is CCC(C)C(NC(=O)C(CCCN=C(N)N)NC(=O)C(N)CC(C)C)C(=O)NC(Cc1ccc(O)cc1)C(=O)O. The largest absolute Gasteiger partial charge is 0.508 e. The fourth-order valence-corrected chi connectivity index (χ4v) is 3.95. The molecule has 11 N–H and O–H groups in total. The van der Waals surface area contributed by atoms with Crippen LogP contribution in [0.5, 0.6) is 5.75 Å². The van der Waals surface area contributed by atoms with Crippen molar-refractivity contribution in [3.05, 3.63) is 29.8 Å². The highest BCUT2D eigenvalue weighted by Crippen LogP contribution is 2.14. The summed E-state index contributed by atoms with van der Waals surface area (Å²) < 4.78 is 0. The predicted octanol–water partition coefficient (Wildman–Crippen LogP) is -0.0532. The van der Waals surface area contributed by atoms with Gasteiger partial charge in [-0.05, 0) is 48.8 Å². The van der Waals surface area contributed by atoms with Gasteiger partial charge in [0, 0.05) is 13.0 Å². The average molecular weight is 564 g/mol. The minimum atomic E-state index is -1.27. The fourth-order valence-electron chi connectivity index (χ4n) is 3.95. The minimum Gasteiger partial charge on any atom is -0.508 e. The highest BCUT2D eigenvalue weighted by atomic mass is 16.4. The number of guanidine groups is 1. The second kappa shape index (κ2) is 17.0. The van der Waals surface area contributed by atoms with Crippen molar-refractivity contribution in [1.29, 1.82) is 0 Å². The first-order chi connectivity index (χ1) is 18.7. The molecule has 224 valence electrons. The summed E-state index contributed by atoms with van der Waals surface area (Å²) in [5.41, 5.74) is 17.3. The standard InChI is InChI=1S/C27H45N7O6/c1-5-16(4)22(25(38)33-21(26(39)40)14-17-8-10-18(35)11-9-17)34-24(37)20(7-6-12-31-27(29)30)32-23(36)19(28)13-15(2)3/h8-11,15-16,19-22,35H,5-7,12-14,28H2,1-4H3,(H,32,36)(H,33,38)(H,34,37)(H,39,40)(H4,29,30,31). The number of nitrogens with zero attached hydrogens (tertiary/aromatic N) is 1. The van der Waals surface area contributed by atoms with E-state index in [-0.39, 0.29) is 42.9 Å². The molecule has 0 saturated heterocycles. The summed E-state index contributed by atoms with van der Waals surface area (Å²) >= 11 is 0. The molecule has 1 rings (SSSR count). The lowest BCUT2D eigenvalue weighted by atomic mass is 9.96. The van der Waals surface area contributed by atoms with Gasteiger partial charge >= 0.3 is 5.97 Å². The first-order valence-electron chi connectivity index (χ1n) is 13.5. The van der Waals surface area contributed by atoms with Crippen LogP contribution in [0, 0.1) is 11.8 Å². The Kier molecular flexibility index (Phi) is 14.5. The van der Waals surface area contributed by atoms with Gasteiger partial charge in [0.15, 0.2) is 5.96 Å². The monoisotopic (exact) mass is 563 g/mol. The van der Waals surface area contributed by atoms with E-state index in [9.17, 15) is 29.4 Å². The van der Waals surface area contributed by atoms with Crippen LogP contribution in [0.1, 0.15) is 58.9 Å². The molecule has 13 heteroatoms. The van der Waals surface area contributed by atoms with E-state index in [4.69, 9.17) is 17.2 Å². The van der Waals surface area contributed by atoms with Crippen LogP contribution in [-0.4, -0.2) is 70.6 Å². The maximum atomic E-state index is 13.4. The van der Waals surface area contributed by atoms with E-state index < -0.39 is 47.9 Å². The molecule has 0 aromatic heterocycles. The summed E-state index contributed by atoms with van der Waals surface area (Å²) in [6, 6.07) is 1.78. The summed E-state index contributed by atoms with van der Waals surface area (Å²) in [6.45, 7) is 7.67. The van der Waals surface area contributed by atoms with Crippen molar-refractivity contribution in [2.24, 2.45) is 34.0 Å². The van der Waals surface area contributed by atoms with Crippen LogP contribution in [0.2, 0.25) is 0 Å². The molecular formula is C27H45N7O6. The molecule has 0 fully saturated rings. The number of amides is 3. The highest BCUT2D eigenvalue weighted by molar-refractivity contribution is 5.94. The van der Waals surface area contributed by atoms with E-state index in [0.29, 0.717) is 24.8 Å². The lowest BCUT2D eigenvalue weighted by molar-refractivity contribution is -0.142. The molecular weight excluding hydrogens is 518 g/mol. The van der Waals surface area contributed by atoms with Crippen molar-refractivity contribution in [3.8, 4) is 5.75 Å². The van der Waals surface area contributed by atoms with Crippen LogP contribution in [-0.2, 0) is 25.6 Å². The van der Waals surface area contributed by atoms with Gasteiger partial charge in [-0.2, -0.15) is 0 Å². The first kappa shape index (κ1) is 34.2. The second-order valence-corrected chi connectivity index (χ2v) is 10.4. The van der Waals surface area contributed by atoms with Crippen LogP contribution in [0.25, 0.3) is 0 Å². The third-order valence-corrected chi connectivity index (χ3v) is 6.42. The van der Waals surface area contributed by atoms with Crippen molar-refractivity contribution < 1.29 is 29.4 Å². The molecule has 1 aromatic rings. The summed E-state index contributed by atoms with van der Waals surface area (Å²) in [5.74, 6) is -3.29. The number of carboxylic acids is 1. The van der Waals surface area contributed by atoms with Crippen molar-refractivity contribution in [2.45, 2.75) is 84.0 Å². The zero-order chi connectivity index (χ0) is 30.4. The number of hydrogen-bond donors (Lipinski definition) is 8. The molecule has 40 heavy (non-hydrogen) atoms. The summed E-state index contributed by atoms with van der Waals surface area (Å²) in [5, 5.41) is 27.1. The maximum Gasteiger partial charge on any atom is 0.326 e. The Morgan fingerprint density at radius 1 is 0.925 bits per heavy atom. The molecule has 5 atom stereocenters. The van der Waals surface area contributed by atoms with E-state index in [1.807, 2.05) is 20.8 Å². The van der Waals surface area contributed by atoms with Gasteiger partial charge in [-0.1, -0.05) is 46.2 Å². The molecule has 0 aliphatic heterocycles. The number of phenols is 1. The molecule has 5 unspecified atom stereocenters. The Balaban J connectivity index is 3.08. The number of nitrogens with two attached hydrogens (primary N) is 3. The van der Waals surface area contributed by atoms with E-state index in [1.165, 1.54) is 12.1 Å². The second-order valence-electron chi connectivity index (χ2n) is 10.4. The van der Waals surface area contributed by atoms with Crippen LogP contribution >= 0.6 is 0 Å². The van der Waals surface area contributed by atoms with Crippen LogP contribution in [0.15, 0.2) is 29.3 Å². The summed E-state index contributed by atoms with van der Waals surface area (Å²) in [4.78, 5) is 55.2. The normalized spacial score (nSPS) is 14.8. The number of phenolic OH excluding ortho intramolecular Hbond substituents is 1. The molecule has 0 saturated carbocycles. The number of carboxylic acid groups (broad SMARTS) is 1. The Bertz CT molecular complexity index is 1010. The van der Waals surface area contributed by atoms with Gasteiger partial charge in [-0.15, -0.1) is 0 Å². The highest BCUT2D eigenvalue weighted by Gasteiger charge is 2.32. The smallest absolute Gasteiger partial charge is 0.326 e. The van der Waals surface area contributed by atoms with E-state index in [0.717, 1.165) is 0 Å². The Labute approximate surface area is 235 Å². The molecule has 0 spiro atoms. The van der Waals surface area contributed by atoms with Gasteiger partial charge in [0.1, 0.15) is 23.9 Å². The van der Waals surface area contributed by atoms with Gasteiger partial charge in [0.2, 0.25) is 17.7 Å². The van der Waals surface area contributed by atoms with Crippen molar-refractivity contribution in [2.75, 3.05) is 6.54 Å². The van der Waals surface area contributed by atoms with Gasteiger partial charge in [-0.25, -0.2) is 4.79 Å². The number of nitrogens with one attached hydrogen (secondary N) is 3. The maximum absolute atomic E-state index is 13.4. The zero-order valence-electron chi connectivity index (χ0n) is 23.7. The van der Waals surface area contributed by atoms with E-state index >= 15 is 0 Å². The number of rotatable bonds is 17. The molecule has 3 amide bonds. The van der Waals surface area contributed by atoms with Crippen LogP contribution in [0.4, 0.5) is 0 Å². The number of carbonyl (C=O) groups is 4. The minimum absolute atomic E-state index is 0.0280. The average Bonchev–Trinajstić information content (AvgIpc) is 2.88. The molecule has 0 aliphatic rings. The number of aliphatic carboxylic acids is 1. The Morgan fingerprint density at radius 3 is 2.05 bits per heavy atom. The van der Waals surface area contributed by atoms with Crippen molar-refractivity contribution >= 4 is 29.7 Å². The topological polar surface area (TPSA) is 235 Å². The fraction of sp³-hybridized carbons (Fsp3) is 0.593.